The molecule has 0 aromatic heterocycles. The third-order valence-corrected chi connectivity index (χ3v) is 4.19. The maximum absolute atomic E-state index is 11.4. The van der Waals surface area contributed by atoms with Crippen molar-refractivity contribution in [2.75, 3.05) is 19.4 Å². The van der Waals surface area contributed by atoms with Crippen LogP contribution < -0.4 is 10.1 Å². The number of nitrogens with one attached hydrogen (secondary N) is 1. The second-order valence-corrected chi connectivity index (χ2v) is 7.05. The highest BCUT2D eigenvalue weighted by molar-refractivity contribution is 7.90. The topological polar surface area (TPSA) is 55.4 Å². The second-order valence-electron chi connectivity index (χ2n) is 5.03. The third-order valence-electron chi connectivity index (χ3n) is 3.08. The van der Waals surface area contributed by atoms with Crippen molar-refractivity contribution in [3.63, 3.8) is 0 Å². The van der Waals surface area contributed by atoms with E-state index < -0.39 is 9.84 Å². The molecule has 1 aliphatic carbocycles. The number of hydrogen-bond donors (Lipinski definition) is 1. The van der Waals surface area contributed by atoms with Crippen molar-refractivity contribution in [3.05, 3.63) is 24.3 Å². The molecule has 0 spiro atoms. The first-order valence-corrected chi connectivity index (χ1v) is 8.61. The van der Waals surface area contributed by atoms with Gasteiger partial charge in [0.2, 0.25) is 0 Å². The summed E-state index contributed by atoms with van der Waals surface area (Å²) < 4.78 is 28.4. The van der Waals surface area contributed by atoms with Crippen LogP contribution in [0.3, 0.4) is 0 Å². The molecule has 1 N–H and O–H groups in total. The molecule has 1 aliphatic rings. The van der Waals surface area contributed by atoms with Gasteiger partial charge in [0.1, 0.15) is 5.75 Å². The molecule has 0 unspecified atom stereocenters. The van der Waals surface area contributed by atoms with Gasteiger partial charge in [-0.15, -0.1) is 0 Å². The lowest BCUT2D eigenvalue weighted by Crippen LogP contribution is -2.17. The van der Waals surface area contributed by atoms with Crippen molar-refractivity contribution in [1.29, 1.82) is 0 Å². The van der Waals surface area contributed by atoms with E-state index in [-0.39, 0.29) is 0 Å². The van der Waals surface area contributed by atoms with Gasteiger partial charge in [0.05, 0.1) is 11.5 Å². The lowest BCUT2D eigenvalue weighted by atomic mass is 10.3. The predicted molar refractivity (Wildman–Crippen MR) is 75.3 cm³/mol. The summed E-state index contributed by atoms with van der Waals surface area (Å²) in [6.07, 6.45) is 5.89. The normalized spacial score (nSPS) is 15.4. The molecular weight excluding hydrogens is 262 g/mol. The van der Waals surface area contributed by atoms with Crippen LogP contribution in [0.5, 0.6) is 5.75 Å². The predicted octanol–water partition coefficient (Wildman–Crippen LogP) is 2.00. The van der Waals surface area contributed by atoms with E-state index in [9.17, 15) is 8.42 Å². The maximum Gasteiger partial charge on any atom is 0.175 e. The molecule has 1 fully saturated rings. The Morgan fingerprint density at radius 2 is 2.11 bits per heavy atom. The van der Waals surface area contributed by atoms with Gasteiger partial charge in [0.15, 0.2) is 9.84 Å². The smallest absolute Gasteiger partial charge is 0.175 e. The van der Waals surface area contributed by atoms with Crippen LogP contribution in [-0.4, -0.2) is 33.9 Å². The Balaban J connectivity index is 1.70. The van der Waals surface area contributed by atoms with Crippen LogP contribution in [0.1, 0.15) is 25.7 Å². The first-order chi connectivity index (χ1) is 9.05. The zero-order chi connectivity index (χ0) is 13.7. The molecule has 0 saturated heterocycles. The Labute approximate surface area is 115 Å². The molecule has 1 aromatic carbocycles. The highest BCUT2D eigenvalue weighted by Crippen LogP contribution is 2.19. The van der Waals surface area contributed by atoms with E-state index in [0.29, 0.717) is 17.3 Å². The maximum atomic E-state index is 11.4. The Morgan fingerprint density at radius 1 is 1.32 bits per heavy atom. The average molecular weight is 283 g/mol. The van der Waals surface area contributed by atoms with Gasteiger partial charge in [-0.05, 0) is 50.4 Å². The Kier molecular flexibility index (Phi) is 4.82. The van der Waals surface area contributed by atoms with Crippen molar-refractivity contribution in [2.45, 2.75) is 36.6 Å². The summed E-state index contributed by atoms with van der Waals surface area (Å²) in [7, 11) is -3.16. The van der Waals surface area contributed by atoms with Crippen molar-refractivity contribution in [1.82, 2.24) is 5.32 Å². The molecule has 0 heterocycles. The van der Waals surface area contributed by atoms with Crippen molar-refractivity contribution < 1.29 is 13.2 Å². The van der Waals surface area contributed by atoms with E-state index >= 15 is 0 Å². The molecule has 5 heteroatoms. The van der Waals surface area contributed by atoms with Crippen LogP contribution in [0.25, 0.3) is 0 Å². The van der Waals surface area contributed by atoms with E-state index in [1.807, 2.05) is 0 Å². The highest BCUT2D eigenvalue weighted by atomic mass is 32.2. The average Bonchev–Trinajstić information content (AvgIpc) is 3.17. The minimum atomic E-state index is -3.16. The summed E-state index contributed by atoms with van der Waals surface area (Å²) in [5.41, 5.74) is 0. The number of unbranched alkanes of at least 4 members (excludes halogenated alkanes) is 1. The van der Waals surface area contributed by atoms with Gasteiger partial charge in [0, 0.05) is 12.3 Å². The summed E-state index contributed by atoms with van der Waals surface area (Å²) in [6.45, 7) is 1.66. The summed E-state index contributed by atoms with van der Waals surface area (Å²) >= 11 is 0. The minimum absolute atomic E-state index is 0.306. The Morgan fingerprint density at radius 3 is 2.79 bits per heavy atom. The summed E-state index contributed by atoms with van der Waals surface area (Å²) in [6, 6.07) is 7.42. The van der Waals surface area contributed by atoms with Crippen LogP contribution in [0.2, 0.25) is 0 Å². The molecule has 0 amide bonds. The van der Waals surface area contributed by atoms with Crippen molar-refractivity contribution in [2.24, 2.45) is 0 Å². The first kappa shape index (κ1) is 14.3. The molecule has 1 saturated carbocycles. The summed E-state index contributed by atoms with van der Waals surface area (Å²) in [4.78, 5) is 0.306. The molecular formula is C14H21NO3S. The fourth-order valence-electron chi connectivity index (χ4n) is 1.81. The fraction of sp³-hybridized carbons (Fsp3) is 0.571. The largest absolute Gasteiger partial charge is 0.494 e. The number of ether oxygens (including phenoxy) is 1. The van der Waals surface area contributed by atoms with Crippen molar-refractivity contribution in [3.8, 4) is 5.75 Å². The van der Waals surface area contributed by atoms with E-state index in [1.54, 1.807) is 24.3 Å². The van der Waals surface area contributed by atoms with E-state index in [2.05, 4.69) is 5.32 Å². The van der Waals surface area contributed by atoms with Crippen LogP contribution in [-0.2, 0) is 9.84 Å². The molecule has 19 heavy (non-hydrogen) atoms. The molecule has 0 atom stereocenters. The standard InChI is InChI=1S/C14H21NO3S/c1-19(16,17)14-6-4-5-13(11-14)18-10-3-2-9-15-12-7-8-12/h4-6,11-12,15H,2-3,7-10H2,1H3. The van der Waals surface area contributed by atoms with Crippen LogP contribution in [0.15, 0.2) is 29.2 Å². The Hall–Kier alpha value is -1.07. The molecule has 0 radical (unpaired) electrons. The SMILES string of the molecule is CS(=O)(=O)c1cccc(OCCCCNC2CC2)c1. The van der Waals surface area contributed by atoms with E-state index in [1.165, 1.54) is 19.1 Å². The van der Waals surface area contributed by atoms with E-state index in [4.69, 9.17) is 4.74 Å². The minimum Gasteiger partial charge on any atom is -0.494 e. The molecule has 1 aromatic rings. The molecule has 4 nitrogen and oxygen atoms in total. The highest BCUT2D eigenvalue weighted by Gasteiger charge is 2.19. The third kappa shape index (κ3) is 5.20. The Bertz CT molecular complexity index is 509. The zero-order valence-electron chi connectivity index (χ0n) is 11.3. The lowest BCUT2D eigenvalue weighted by Gasteiger charge is -2.07. The van der Waals surface area contributed by atoms with Gasteiger partial charge < -0.3 is 10.1 Å². The first-order valence-electron chi connectivity index (χ1n) is 6.72. The van der Waals surface area contributed by atoms with Gasteiger partial charge in [-0.3, -0.25) is 0 Å². The van der Waals surface area contributed by atoms with Gasteiger partial charge >= 0.3 is 0 Å². The summed E-state index contributed by atoms with van der Waals surface area (Å²) in [5.74, 6) is 0.623. The molecule has 2 rings (SSSR count). The van der Waals surface area contributed by atoms with Gasteiger partial charge in [0.25, 0.3) is 0 Å². The number of benzene rings is 1. The number of hydrogen-bond acceptors (Lipinski definition) is 4. The van der Waals surface area contributed by atoms with Crippen LogP contribution in [0.4, 0.5) is 0 Å². The van der Waals surface area contributed by atoms with Gasteiger partial charge in [-0.2, -0.15) is 0 Å². The second kappa shape index (κ2) is 6.39. The fourth-order valence-corrected chi connectivity index (χ4v) is 2.46. The molecule has 0 bridgehead atoms. The number of rotatable bonds is 8. The van der Waals surface area contributed by atoms with E-state index in [0.717, 1.165) is 25.4 Å². The van der Waals surface area contributed by atoms with Gasteiger partial charge in [-0.1, -0.05) is 6.07 Å². The summed E-state index contributed by atoms with van der Waals surface area (Å²) in [5, 5.41) is 3.45. The molecule has 106 valence electrons. The van der Waals surface area contributed by atoms with Crippen molar-refractivity contribution >= 4 is 9.84 Å². The quantitative estimate of drug-likeness (QED) is 0.741. The monoisotopic (exact) mass is 283 g/mol. The zero-order valence-corrected chi connectivity index (χ0v) is 12.1. The number of sulfone groups is 1. The van der Waals surface area contributed by atoms with Crippen LogP contribution >= 0.6 is 0 Å². The molecule has 0 aliphatic heterocycles. The lowest BCUT2D eigenvalue weighted by molar-refractivity contribution is 0.305. The van der Waals surface area contributed by atoms with Crippen LogP contribution in [0, 0.1) is 0 Å². The van der Waals surface area contributed by atoms with Gasteiger partial charge in [-0.25, -0.2) is 8.42 Å².